The highest BCUT2D eigenvalue weighted by Gasteiger charge is 2.32. The minimum Gasteiger partial charge on any atom is -0.377 e. The largest absolute Gasteiger partial charge is 0.377 e. The van der Waals surface area contributed by atoms with Gasteiger partial charge in [0, 0.05) is 0 Å². The molecule has 2 N–H and O–H groups in total. The van der Waals surface area contributed by atoms with E-state index in [0.29, 0.717) is 23.0 Å². The van der Waals surface area contributed by atoms with Crippen LogP contribution in [0.15, 0.2) is 22.9 Å². The van der Waals surface area contributed by atoms with Gasteiger partial charge in [-0.05, 0) is 47.9 Å². The highest BCUT2D eigenvalue weighted by molar-refractivity contribution is 7.12. The molecule has 23 heavy (non-hydrogen) atoms. The van der Waals surface area contributed by atoms with Crippen LogP contribution in [0.25, 0.3) is 0 Å². The van der Waals surface area contributed by atoms with Crippen LogP contribution in [0.3, 0.4) is 0 Å². The van der Waals surface area contributed by atoms with Crippen LogP contribution in [0.2, 0.25) is 0 Å². The van der Waals surface area contributed by atoms with Gasteiger partial charge >= 0.3 is 0 Å². The van der Waals surface area contributed by atoms with Crippen molar-refractivity contribution in [2.24, 2.45) is 0 Å². The molecule has 0 saturated carbocycles. The van der Waals surface area contributed by atoms with Gasteiger partial charge in [-0.2, -0.15) is 0 Å². The molecule has 1 aliphatic heterocycles. The summed E-state index contributed by atoms with van der Waals surface area (Å²) >= 11 is 2.84. The summed E-state index contributed by atoms with van der Waals surface area (Å²) in [7, 11) is 0. The average Bonchev–Trinajstić information content (AvgIpc) is 3.21. The van der Waals surface area contributed by atoms with E-state index in [1.807, 2.05) is 36.7 Å². The van der Waals surface area contributed by atoms with Gasteiger partial charge in [-0.3, -0.25) is 9.59 Å². The maximum Gasteiger partial charge on any atom is 0.261 e. The first-order valence-corrected chi connectivity index (χ1v) is 9.10. The van der Waals surface area contributed by atoms with Gasteiger partial charge in [0.25, 0.3) is 11.8 Å². The Morgan fingerprint density at radius 3 is 1.74 bits per heavy atom. The summed E-state index contributed by atoms with van der Waals surface area (Å²) in [5, 5.41) is 9.74. The number of carbonyl (C=O) groups excluding carboxylic acids is 2. The molecular weight excluding hydrogens is 332 g/mol. The van der Waals surface area contributed by atoms with E-state index in [2.05, 4.69) is 10.6 Å². The van der Waals surface area contributed by atoms with Gasteiger partial charge in [0.15, 0.2) is 0 Å². The minimum absolute atomic E-state index is 0.112. The van der Waals surface area contributed by atoms with Crippen LogP contribution in [0, 0.1) is 13.8 Å². The summed E-state index contributed by atoms with van der Waals surface area (Å²) in [5.74, 6) is -0.223. The van der Waals surface area contributed by atoms with Crippen molar-refractivity contribution in [1.29, 1.82) is 0 Å². The molecule has 2 amide bonds. The molecule has 0 unspecified atom stereocenters. The van der Waals surface area contributed by atoms with Crippen LogP contribution < -0.4 is 10.6 Å². The van der Waals surface area contributed by atoms with Gasteiger partial charge < -0.3 is 15.4 Å². The quantitative estimate of drug-likeness (QED) is 0.889. The Hall–Kier alpha value is -1.70. The molecule has 1 fully saturated rings. The number of aryl methyl sites for hydroxylation is 2. The Morgan fingerprint density at radius 1 is 0.957 bits per heavy atom. The maximum absolute atomic E-state index is 12.3. The third-order valence-electron chi connectivity index (χ3n) is 3.85. The van der Waals surface area contributed by atoms with Crippen LogP contribution in [0.1, 0.15) is 30.5 Å². The molecule has 0 aliphatic carbocycles. The van der Waals surface area contributed by atoms with E-state index in [0.717, 1.165) is 11.1 Å². The number of nitrogens with one attached hydrogen (secondary N) is 2. The van der Waals surface area contributed by atoms with Crippen LogP contribution in [-0.2, 0) is 4.74 Å². The summed E-state index contributed by atoms with van der Waals surface area (Å²) in [4.78, 5) is 26.1. The van der Waals surface area contributed by atoms with Gasteiger partial charge in [-0.15, -0.1) is 22.7 Å². The molecule has 7 heteroatoms. The third kappa shape index (κ3) is 3.46. The molecule has 2 aromatic rings. The number of rotatable bonds is 4. The predicted molar refractivity (Wildman–Crippen MR) is 91.4 cm³/mol. The Kier molecular flexibility index (Phi) is 4.79. The lowest BCUT2D eigenvalue weighted by molar-refractivity contribution is 0.0900. The van der Waals surface area contributed by atoms with E-state index in [4.69, 9.17) is 4.74 Å². The topological polar surface area (TPSA) is 67.4 Å². The van der Waals surface area contributed by atoms with Gasteiger partial charge in [-0.1, -0.05) is 0 Å². The van der Waals surface area contributed by atoms with E-state index in [1.165, 1.54) is 22.7 Å². The summed E-state index contributed by atoms with van der Waals surface area (Å²) in [6, 6.07) is 3.41. The van der Waals surface area contributed by atoms with Gasteiger partial charge in [0.1, 0.15) is 0 Å². The molecular formula is C16H18N2O3S2. The molecule has 0 aromatic carbocycles. The SMILES string of the molecule is Cc1ccsc1C(=O)N[C@H]1COC[C@H]1NC(=O)c1sccc1C. The van der Waals surface area contributed by atoms with Crippen molar-refractivity contribution in [3.05, 3.63) is 43.8 Å². The summed E-state index contributed by atoms with van der Waals surface area (Å²) < 4.78 is 5.44. The molecule has 5 nitrogen and oxygen atoms in total. The third-order valence-corrected chi connectivity index (χ3v) is 5.88. The zero-order valence-corrected chi connectivity index (χ0v) is 14.6. The molecule has 1 aliphatic rings. The predicted octanol–water partition coefficient (Wildman–Crippen LogP) is 2.35. The highest BCUT2D eigenvalue weighted by atomic mass is 32.1. The fraction of sp³-hybridized carbons (Fsp3) is 0.375. The summed E-state index contributed by atoms with van der Waals surface area (Å²) in [6.07, 6.45) is 0. The average molecular weight is 350 g/mol. The van der Waals surface area contributed by atoms with Crippen molar-refractivity contribution in [2.75, 3.05) is 13.2 Å². The Labute approximate surface area is 142 Å². The second-order valence-corrected chi connectivity index (χ2v) is 7.40. The molecule has 3 rings (SSSR count). The van der Waals surface area contributed by atoms with E-state index >= 15 is 0 Å². The number of amides is 2. The lowest BCUT2D eigenvalue weighted by Gasteiger charge is -2.20. The molecule has 3 heterocycles. The molecule has 2 atom stereocenters. The monoisotopic (exact) mass is 350 g/mol. The highest BCUT2D eigenvalue weighted by Crippen LogP contribution is 2.18. The molecule has 0 spiro atoms. The number of carbonyl (C=O) groups is 2. The minimum atomic E-state index is -0.215. The van der Waals surface area contributed by atoms with Gasteiger partial charge in [-0.25, -0.2) is 0 Å². The molecule has 0 radical (unpaired) electrons. The zero-order chi connectivity index (χ0) is 16.4. The lowest BCUT2D eigenvalue weighted by atomic mass is 10.1. The second kappa shape index (κ2) is 6.82. The fourth-order valence-corrected chi connectivity index (χ4v) is 4.17. The summed E-state index contributed by atoms with van der Waals surface area (Å²) in [5.41, 5.74) is 1.92. The first-order valence-electron chi connectivity index (χ1n) is 7.34. The van der Waals surface area contributed by atoms with Crippen LogP contribution in [0.4, 0.5) is 0 Å². The first-order chi connectivity index (χ1) is 11.1. The number of thiophene rings is 2. The van der Waals surface area contributed by atoms with Gasteiger partial charge in [0.2, 0.25) is 0 Å². The van der Waals surface area contributed by atoms with Crippen molar-refractivity contribution in [1.82, 2.24) is 10.6 Å². The molecule has 122 valence electrons. The zero-order valence-electron chi connectivity index (χ0n) is 12.9. The smallest absolute Gasteiger partial charge is 0.261 e. The van der Waals surface area contributed by atoms with E-state index in [9.17, 15) is 9.59 Å². The molecule has 0 bridgehead atoms. The molecule has 1 saturated heterocycles. The van der Waals surface area contributed by atoms with Crippen LogP contribution >= 0.6 is 22.7 Å². The normalized spacial score (nSPS) is 20.4. The number of hydrogen-bond donors (Lipinski definition) is 2. The fourth-order valence-electron chi connectivity index (χ4n) is 2.52. The van der Waals surface area contributed by atoms with Crippen molar-refractivity contribution >= 4 is 34.5 Å². The van der Waals surface area contributed by atoms with E-state index in [-0.39, 0.29) is 23.9 Å². The van der Waals surface area contributed by atoms with Crippen molar-refractivity contribution in [2.45, 2.75) is 25.9 Å². The van der Waals surface area contributed by atoms with E-state index < -0.39 is 0 Å². The lowest BCUT2D eigenvalue weighted by Crippen LogP contribution is -2.50. The van der Waals surface area contributed by atoms with Crippen LogP contribution in [-0.4, -0.2) is 37.1 Å². The Morgan fingerprint density at radius 2 is 1.39 bits per heavy atom. The van der Waals surface area contributed by atoms with Crippen molar-refractivity contribution < 1.29 is 14.3 Å². The Bertz CT molecular complexity index is 662. The van der Waals surface area contributed by atoms with E-state index in [1.54, 1.807) is 0 Å². The number of hydrogen-bond acceptors (Lipinski definition) is 5. The van der Waals surface area contributed by atoms with Gasteiger partial charge in [0.05, 0.1) is 35.1 Å². The second-order valence-electron chi connectivity index (χ2n) is 5.56. The molecule has 2 aromatic heterocycles. The standard InChI is InChI=1S/C16H18N2O3S2/c1-9-3-5-22-13(9)15(19)17-11-7-21-8-12(11)18-16(20)14-10(2)4-6-23-14/h3-6,11-12H,7-8H2,1-2H3,(H,17,19)(H,18,20)/t11-,12+. The Balaban J connectivity index is 1.64. The maximum atomic E-state index is 12.3. The summed E-state index contributed by atoms with van der Waals surface area (Å²) in [6.45, 7) is 4.64. The van der Waals surface area contributed by atoms with Crippen LogP contribution in [0.5, 0.6) is 0 Å². The van der Waals surface area contributed by atoms with Crippen molar-refractivity contribution in [3.8, 4) is 0 Å². The first kappa shape index (κ1) is 16.2. The number of ether oxygens (including phenoxy) is 1. The van der Waals surface area contributed by atoms with Crippen molar-refractivity contribution in [3.63, 3.8) is 0 Å².